The van der Waals surface area contributed by atoms with Crippen LogP contribution in [0.15, 0.2) is 48.5 Å². The Morgan fingerprint density at radius 3 is 2.21 bits per heavy atom. The second kappa shape index (κ2) is 8.81. The van der Waals surface area contributed by atoms with Gasteiger partial charge in [0.15, 0.2) is 0 Å². The van der Waals surface area contributed by atoms with Crippen LogP contribution in [0.5, 0.6) is 0 Å². The molecule has 9 nitrogen and oxygen atoms in total. The van der Waals surface area contributed by atoms with Crippen LogP contribution in [0.1, 0.15) is 23.5 Å². The van der Waals surface area contributed by atoms with E-state index < -0.39 is 23.9 Å². The van der Waals surface area contributed by atoms with E-state index >= 15 is 0 Å². The van der Waals surface area contributed by atoms with Crippen LogP contribution in [0, 0.1) is 11.8 Å². The smallest absolute Gasteiger partial charge is 0.407 e. The SMILES string of the molecule is O=C(CNC(=O)OCC1c2ccccc2-c2ccccc21)NCC(=O)N1CC2CC1C2C(=O)O. The third kappa shape index (κ3) is 3.87. The summed E-state index contributed by atoms with van der Waals surface area (Å²) in [7, 11) is 0. The molecular formula is C25H25N3O6. The first-order valence-corrected chi connectivity index (χ1v) is 11.3. The number of carboxylic acid groups (broad SMARTS) is 1. The number of carbonyl (C=O) groups is 4. The van der Waals surface area contributed by atoms with Gasteiger partial charge in [-0.3, -0.25) is 14.4 Å². The van der Waals surface area contributed by atoms with Crippen LogP contribution in [-0.2, 0) is 19.1 Å². The molecule has 0 aromatic heterocycles. The number of nitrogens with zero attached hydrogens (tertiary/aromatic N) is 1. The molecule has 6 rings (SSSR count). The van der Waals surface area contributed by atoms with Crippen LogP contribution in [0.25, 0.3) is 11.1 Å². The van der Waals surface area contributed by atoms with Crippen LogP contribution < -0.4 is 10.6 Å². The summed E-state index contributed by atoms with van der Waals surface area (Å²) in [6.45, 7) is -0.00885. The molecule has 2 bridgehead atoms. The van der Waals surface area contributed by atoms with E-state index in [-0.39, 0.29) is 43.5 Å². The molecule has 2 aliphatic carbocycles. The number of amides is 3. The second-order valence-electron chi connectivity index (χ2n) is 8.93. The number of carbonyl (C=O) groups excluding carboxylic acids is 3. The zero-order valence-electron chi connectivity index (χ0n) is 18.4. The van der Waals surface area contributed by atoms with Crippen molar-refractivity contribution in [3.05, 3.63) is 59.7 Å². The number of fused-ring (bicyclic) bond motifs is 4. The highest BCUT2D eigenvalue weighted by Crippen LogP contribution is 2.46. The van der Waals surface area contributed by atoms with E-state index in [0.717, 1.165) is 22.3 Å². The zero-order valence-corrected chi connectivity index (χ0v) is 18.4. The predicted octanol–water partition coefficient (Wildman–Crippen LogP) is 1.57. The molecule has 3 unspecified atom stereocenters. The minimum atomic E-state index is -0.882. The molecule has 2 heterocycles. The standard InChI is InChI=1S/C25H25N3O6/c29-21(26-11-22(30)28-12-14-9-20(28)23(14)24(31)32)10-27-25(33)34-13-19-17-7-3-1-5-15(17)16-6-2-4-8-18(16)19/h1-8,14,19-20,23H,9-13H2,(H,26,29)(H,27,33)(H,31,32). The second-order valence-corrected chi connectivity index (χ2v) is 8.93. The van der Waals surface area contributed by atoms with Crippen molar-refractivity contribution in [2.45, 2.75) is 18.4 Å². The minimum absolute atomic E-state index is 0.00242. The summed E-state index contributed by atoms with van der Waals surface area (Å²) in [4.78, 5) is 49.4. The van der Waals surface area contributed by atoms with Gasteiger partial charge in [-0.15, -0.1) is 0 Å². The van der Waals surface area contributed by atoms with Gasteiger partial charge < -0.3 is 25.4 Å². The van der Waals surface area contributed by atoms with Crippen molar-refractivity contribution in [3.63, 3.8) is 0 Å². The van der Waals surface area contributed by atoms with Crippen molar-refractivity contribution in [1.29, 1.82) is 0 Å². The molecule has 3 amide bonds. The maximum atomic E-state index is 12.4. The van der Waals surface area contributed by atoms with Crippen LogP contribution in [0.4, 0.5) is 4.79 Å². The Morgan fingerprint density at radius 2 is 1.59 bits per heavy atom. The number of hydrogen-bond donors (Lipinski definition) is 3. The van der Waals surface area contributed by atoms with Crippen LogP contribution in [-0.4, -0.2) is 66.2 Å². The number of alkyl carbamates (subject to hydrolysis) is 1. The summed E-state index contributed by atoms with van der Waals surface area (Å²) < 4.78 is 5.39. The summed E-state index contributed by atoms with van der Waals surface area (Å²) in [6.07, 6.45) is -0.0204. The Balaban J connectivity index is 1.06. The van der Waals surface area contributed by atoms with Gasteiger partial charge in [-0.05, 0) is 34.6 Å². The van der Waals surface area contributed by atoms with E-state index in [1.54, 1.807) is 0 Å². The average molecular weight is 463 g/mol. The molecule has 3 N–H and O–H groups in total. The fourth-order valence-electron chi connectivity index (χ4n) is 5.41. The third-order valence-corrected chi connectivity index (χ3v) is 7.08. The van der Waals surface area contributed by atoms with Crippen LogP contribution >= 0.6 is 0 Å². The van der Waals surface area contributed by atoms with Gasteiger partial charge in [0.05, 0.1) is 12.5 Å². The maximum absolute atomic E-state index is 12.4. The molecule has 1 saturated carbocycles. The normalized spacial score (nSPS) is 21.8. The first kappa shape index (κ1) is 21.9. The molecule has 2 saturated heterocycles. The quantitative estimate of drug-likeness (QED) is 0.573. The fraction of sp³-hybridized carbons (Fsp3) is 0.360. The number of hydrogen-bond acceptors (Lipinski definition) is 5. The van der Waals surface area contributed by atoms with E-state index in [1.807, 2.05) is 48.5 Å². The number of carboxylic acids is 1. The van der Waals surface area contributed by atoms with E-state index in [2.05, 4.69) is 10.6 Å². The molecule has 2 aromatic carbocycles. The van der Waals surface area contributed by atoms with Crippen LogP contribution in [0.2, 0.25) is 0 Å². The summed E-state index contributed by atoms with van der Waals surface area (Å²) in [5.41, 5.74) is 4.44. The Hall–Kier alpha value is -3.88. The first-order valence-electron chi connectivity index (χ1n) is 11.3. The van der Waals surface area contributed by atoms with Gasteiger partial charge in [-0.1, -0.05) is 48.5 Å². The lowest BCUT2D eigenvalue weighted by Crippen LogP contribution is -2.48. The van der Waals surface area contributed by atoms with Gasteiger partial charge in [0.2, 0.25) is 11.8 Å². The molecule has 3 fully saturated rings. The van der Waals surface area contributed by atoms with Crippen molar-refractivity contribution in [2.24, 2.45) is 11.8 Å². The van der Waals surface area contributed by atoms with Crippen molar-refractivity contribution >= 4 is 23.9 Å². The average Bonchev–Trinajstić information content (AvgIpc) is 3.50. The summed E-state index contributed by atoms with van der Waals surface area (Å²) in [5.74, 6) is -2.31. The number of aliphatic carboxylic acids is 1. The van der Waals surface area contributed by atoms with Gasteiger partial charge in [0, 0.05) is 18.5 Å². The molecule has 2 aromatic rings. The van der Waals surface area contributed by atoms with Gasteiger partial charge in [-0.2, -0.15) is 0 Å². The lowest BCUT2D eigenvalue weighted by atomic mass is 9.74. The molecular weight excluding hydrogens is 438 g/mol. The highest BCUT2D eigenvalue weighted by atomic mass is 16.5. The van der Waals surface area contributed by atoms with E-state index in [9.17, 15) is 24.3 Å². The zero-order chi connectivity index (χ0) is 23.8. The summed E-state index contributed by atoms with van der Waals surface area (Å²) in [5, 5.41) is 14.1. The van der Waals surface area contributed by atoms with Gasteiger partial charge in [-0.25, -0.2) is 4.79 Å². The molecule has 176 valence electrons. The molecule has 0 spiro atoms. The Bertz CT molecular complexity index is 1120. The van der Waals surface area contributed by atoms with Gasteiger partial charge in [0.1, 0.15) is 13.2 Å². The lowest BCUT2D eigenvalue weighted by Gasteiger charge is -2.33. The molecule has 9 heteroatoms. The largest absolute Gasteiger partial charge is 0.481 e. The monoisotopic (exact) mass is 463 g/mol. The minimum Gasteiger partial charge on any atom is -0.481 e. The molecule has 4 aliphatic rings. The molecule has 0 radical (unpaired) electrons. The Morgan fingerprint density at radius 1 is 0.941 bits per heavy atom. The summed E-state index contributed by atoms with van der Waals surface area (Å²) >= 11 is 0. The van der Waals surface area contributed by atoms with Crippen LogP contribution in [0.3, 0.4) is 0 Å². The maximum Gasteiger partial charge on any atom is 0.407 e. The van der Waals surface area contributed by atoms with E-state index in [4.69, 9.17) is 4.74 Å². The number of rotatable bonds is 7. The molecule has 2 aliphatic heterocycles. The van der Waals surface area contributed by atoms with Crippen molar-refractivity contribution in [2.75, 3.05) is 26.2 Å². The fourth-order valence-corrected chi connectivity index (χ4v) is 5.41. The van der Waals surface area contributed by atoms with E-state index in [1.165, 1.54) is 4.90 Å². The third-order valence-electron chi connectivity index (χ3n) is 7.08. The van der Waals surface area contributed by atoms with Gasteiger partial charge in [0.25, 0.3) is 0 Å². The first-order chi connectivity index (χ1) is 16.4. The highest BCUT2D eigenvalue weighted by molar-refractivity contribution is 5.88. The van der Waals surface area contributed by atoms with Crippen molar-refractivity contribution in [1.82, 2.24) is 15.5 Å². The number of ether oxygens (including phenoxy) is 1. The lowest BCUT2D eigenvalue weighted by molar-refractivity contribution is -0.148. The van der Waals surface area contributed by atoms with Crippen molar-refractivity contribution in [3.8, 4) is 11.1 Å². The molecule has 34 heavy (non-hydrogen) atoms. The van der Waals surface area contributed by atoms with E-state index in [0.29, 0.717) is 13.0 Å². The summed E-state index contributed by atoms with van der Waals surface area (Å²) in [6, 6.07) is 15.7. The van der Waals surface area contributed by atoms with Gasteiger partial charge >= 0.3 is 12.1 Å². The number of benzene rings is 2. The Labute approximate surface area is 196 Å². The topological polar surface area (TPSA) is 125 Å². The predicted molar refractivity (Wildman–Crippen MR) is 121 cm³/mol. The van der Waals surface area contributed by atoms with Crippen molar-refractivity contribution < 1.29 is 29.0 Å². The highest BCUT2D eigenvalue weighted by Gasteiger charge is 2.56. The molecule has 3 atom stereocenters. The Kier molecular flexibility index (Phi) is 5.69. The number of nitrogens with one attached hydrogen (secondary N) is 2.